The lowest BCUT2D eigenvalue weighted by Gasteiger charge is -1.98. The number of aromatic nitrogens is 7. The van der Waals surface area contributed by atoms with Crippen LogP contribution in [0.5, 0.6) is 0 Å². The monoisotopic (exact) mass is 335 g/mol. The Hall–Kier alpha value is -2.26. The van der Waals surface area contributed by atoms with E-state index in [0.29, 0.717) is 21.5 Å². The highest BCUT2D eigenvalue weighted by Crippen LogP contribution is 2.33. The van der Waals surface area contributed by atoms with E-state index < -0.39 is 0 Å². The van der Waals surface area contributed by atoms with Crippen molar-refractivity contribution < 1.29 is 4.52 Å². The van der Waals surface area contributed by atoms with Crippen molar-refractivity contribution in [2.75, 3.05) is 0 Å². The lowest BCUT2D eigenvalue weighted by Crippen LogP contribution is -1.99. The van der Waals surface area contributed by atoms with E-state index in [0.717, 1.165) is 22.0 Å². The number of rotatable bonds is 2. The van der Waals surface area contributed by atoms with Gasteiger partial charge in [0.15, 0.2) is 5.01 Å². The van der Waals surface area contributed by atoms with Crippen LogP contribution in [0.1, 0.15) is 11.5 Å². The van der Waals surface area contributed by atoms with Crippen LogP contribution in [0.2, 0.25) is 5.02 Å². The molecule has 4 heterocycles. The van der Waals surface area contributed by atoms with Gasteiger partial charge >= 0.3 is 0 Å². The van der Waals surface area contributed by atoms with E-state index in [1.165, 1.54) is 11.3 Å². The maximum atomic E-state index is 6.18. The van der Waals surface area contributed by atoms with Crippen LogP contribution >= 0.6 is 22.9 Å². The van der Waals surface area contributed by atoms with Crippen LogP contribution < -0.4 is 0 Å². The van der Waals surface area contributed by atoms with Crippen molar-refractivity contribution in [2.24, 2.45) is 7.05 Å². The molecular formula is C12H10ClN7OS. The standard InChI is InChI=1S/C12H10ClN7OS/c1-5-8(6(2)21-18-5)11-17-20-10(15-16-12(20)22-11)9-7(13)4-14-19(9)3/h4H,1-3H3. The Kier molecular flexibility index (Phi) is 2.81. The average molecular weight is 336 g/mol. The van der Waals surface area contributed by atoms with Gasteiger partial charge in [-0.1, -0.05) is 28.1 Å². The molecule has 4 aromatic heterocycles. The van der Waals surface area contributed by atoms with Gasteiger partial charge in [-0.2, -0.15) is 14.7 Å². The molecule has 8 nitrogen and oxygen atoms in total. The first-order valence-corrected chi connectivity index (χ1v) is 7.59. The highest BCUT2D eigenvalue weighted by Gasteiger charge is 2.22. The van der Waals surface area contributed by atoms with E-state index in [1.54, 1.807) is 22.4 Å². The molecule has 0 spiro atoms. The van der Waals surface area contributed by atoms with Crippen LogP contribution in [0.4, 0.5) is 0 Å². The molecule has 112 valence electrons. The summed E-state index contributed by atoms with van der Waals surface area (Å²) in [6, 6.07) is 0. The molecule has 0 aliphatic rings. The molecule has 0 N–H and O–H groups in total. The van der Waals surface area contributed by atoms with Crippen molar-refractivity contribution in [1.82, 2.24) is 34.7 Å². The van der Waals surface area contributed by atoms with Crippen LogP contribution in [-0.2, 0) is 7.05 Å². The van der Waals surface area contributed by atoms with Crippen molar-refractivity contribution in [1.29, 1.82) is 0 Å². The molecule has 0 saturated carbocycles. The third-order valence-corrected chi connectivity index (χ3v) is 4.54. The fourth-order valence-corrected chi connectivity index (χ4v) is 3.55. The normalized spacial score (nSPS) is 11.6. The Balaban J connectivity index is 1.94. The molecule has 0 fully saturated rings. The topological polar surface area (TPSA) is 86.9 Å². The zero-order valence-electron chi connectivity index (χ0n) is 11.9. The van der Waals surface area contributed by atoms with E-state index >= 15 is 0 Å². The van der Waals surface area contributed by atoms with E-state index in [1.807, 2.05) is 13.8 Å². The minimum absolute atomic E-state index is 0.503. The number of halogens is 1. The lowest BCUT2D eigenvalue weighted by molar-refractivity contribution is 0.393. The van der Waals surface area contributed by atoms with E-state index in [9.17, 15) is 0 Å². The lowest BCUT2D eigenvalue weighted by atomic mass is 10.2. The zero-order valence-corrected chi connectivity index (χ0v) is 13.5. The second-order valence-electron chi connectivity index (χ2n) is 4.79. The van der Waals surface area contributed by atoms with Gasteiger partial charge in [0.2, 0.25) is 10.8 Å². The summed E-state index contributed by atoms with van der Waals surface area (Å²) < 4.78 is 8.51. The third kappa shape index (κ3) is 1.79. The summed E-state index contributed by atoms with van der Waals surface area (Å²) in [7, 11) is 1.80. The number of fused-ring (bicyclic) bond motifs is 1. The van der Waals surface area contributed by atoms with E-state index in [4.69, 9.17) is 16.1 Å². The minimum atomic E-state index is 0.503. The third-order valence-electron chi connectivity index (χ3n) is 3.34. The molecule has 0 saturated heterocycles. The largest absolute Gasteiger partial charge is 0.361 e. The summed E-state index contributed by atoms with van der Waals surface area (Å²) in [6.07, 6.45) is 1.57. The summed E-state index contributed by atoms with van der Waals surface area (Å²) in [6.45, 7) is 3.74. The van der Waals surface area contributed by atoms with Crippen LogP contribution in [-0.4, -0.2) is 34.7 Å². The van der Waals surface area contributed by atoms with Gasteiger partial charge in [-0.05, 0) is 13.8 Å². The highest BCUT2D eigenvalue weighted by molar-refractivity contribution is 7.19. The quantitative estimate of drug-likeness (QED) is 0.559. The summed E-state index contributed by atoms with van der Waals surface area (Å²) in [5.74, 6) is 1.27. The molecule has 0 amide bonds. The van der Waals surface area contributed by atoms with Gasteiger partial charge in [-0.25, -0.2) is 0 Å². The van der Waals surface area contributed by atoms with Gasteiger partial charge < -0.3 is 4.52 Å². The SMILES string of the molecule is Cc1noc(C)c1-c1nn2c(-c3c(Cl)cnn3C)nnc2s1. The predicted molar refractivity (Wildman–Crippen MR) is 80.8 cm³/mol. The fourth-order valence-electron chi connectivity index (χ4n) is 2.32. The molecule has 0 bridgehead atoms. The molecule has 4 aromatic rings. The second kappa shape index (κ2) is 4.62. The maximum absolute atomic E-state index is 6.18. The van der Waals surface area contributed by atoms with Gasteiger partial charge in [0.05, 0.1) is 22.5 Å². The van der Waals surface area contributed by atoms with Crippen molar-refractivity contribution in [3.63, 3.8) is 0 Å². The van der Waals surface area contributed by atoms with Crippen molar-refractivity contribution >= 4 is 27.9 Å². The van der Waals surface area contributed by atoms with Gasteiger partial charge in [0, 0.05) is 7.05 Å². The van der Waals surface area contributed by atoms with E-state index in [2.05, 4.69) is 25.6 Å². The highest BCUT2D eigenvalue weighted by atomic mass is 35.5. The number of hydrogen-bond donors (Lipinski definition) is 0. The van der Waals surface area contributed by atoms with Gasteiger partial charge in [0.25, 0.3) is 0 Å². The molecule has 0 aromatic carbocycles. The van der Waals surface area contributed by atoms with Gasteiger partial charge in [-0.3, -0.25) is 4.68 Å². The Labute approximate surface area is 133 Å². The molecular weight excluding hydrogens is 326 g/mol. The minimum Gasteiger partial charge on any atom is -0.361 e. The molecule has 10 heteroatoms. The van der Waals surface area contributed by atoms with Crippen molar-refractivity contribution in [3.05, 3.63) is 22.7 Å². The van der Waals surface area contributed by atoms with Crippen LogP contribution in [0.25, 0.3) is 27.1 Å². The molecule has 0 atom stereocenters. The summed E-state index contributed by atoms with van der Waals surface area (Å²) in [5.41, 5.74) is 2.35. The van der Waals surface area contributed by atoms with Crippen LogP contribution in [0.15, 0.2) is 10.7 Å². The number of hydrogen-bond acceptors (Lipinski definition) is 7. The second-order valence-corrected chi connectivity index (χ2v) is 6.15. The summed E-state index contributed by atoms with van der Waals surface area (Å²) >= 11 is 7.60. The Morgan fingerprint density at radius 2 is 2.09 bits per heavy atom. The summed E-state index contributed by atoms with van der Waals surface area (Å²) in [5, 5.41) is 22.3. The fraction of sp³-hybridized carbons (Fsp3) is 0.250. The van der Waals surface area contributed by atoms with E-state index in [-0.39, 0.29) is 0 Å². The first-order chi connectivity index (χ1) is 10.6. The Morgan fingerprint density at radius 1 is 1.27 bits per heavy atom. The molecule has 0 unspecified atom stereocenters. The average Bonchev–Trinajstić information content (AvgIpc) is 3.18. The van der Waals surface area contributed by atoms with Crippen LogP contribution in [0.3, 0.4) is 0 Å². The smallest absolute Gasteiger partial charge is 0.235 e. The number of aryl methyl sites for hydroxylation is 3. The molecule has 0 radical (unpaired) electrons. The van der Waals surface area contributed by atoms with Gasteiger partial charge in [0.1, 0.15) is 11.5 Å². The first-order valence-electron chi connectivity index (χ1n) is 6.39. The maximum Gasteiger partial charge on any atom is 0.235 e. The van der Waals surface area contributed by atoms with Crippen LogP contribution in [0, 0.1) is 13.8 Å². The van der Waals surface area contributed by atoms with Gasteiger partial charge in [-0.15, -0.1) is 10.2 Å². The first kappa shape index (κ1) is 13.4. The van der Waals surface area contributed by atoms with Crippen molar-refractivity contribution in [2.45, 2.75) is 13.8 Å². The number of nitrogens with zero attached hydrogens (tertiary/aromatic N) is 7. The van der Waals surface area contributed by atoms with Crippen molar-refractivity contribution in [3.8, 4) is 22.1 Å². The Morgan fingerprint density at radius 3 is 2.73 bits per heavy atom. The summed E-state index contributed by atoms with van der Waals surface area (Å²) in [4.78, 5) is 0.669. The predicted octanol–water partition coefficient (Wildman–Crippen LogP) is 2.51. The zero-order chi connectivity index (χ0) is 15.4. The molecule has 0 aliphatic heterocycles. The molecule has 0 aliphatic carbocycles. The molecule has 4 rings (SSSR count). The Bertz CT molecular complexity index is 956. The molecule has 22 heavy (non-hydrogen) atoms.